The highest BCUT2D eigenvalue weighted by atomic mass is 35.5. The number of rotatable bonds is 6. The first-order chi connectivity index (χ1) is 11.6. The number of aromatic amines is 1. The lowest BCUT2D eigenvalue weighted by Crippen LogP contribution is -2.44. The molecule has 1 aromatic carbocycles. The molecular weight excluding hydrogens is 391 g/mol. The van der Waals surface area contributed by atoms with Crippen molar-refractivity contribution in [2.24, 2.45) is 0 Å². The van der Waals surface area contributed by atoms with Crippen molar-refractivity contribution < 1.29 is 4.79 Å². The van der Waals surface area contributed by atoms with Crippen LogP contribution >= 0.6 is 36.6 Å². The fraction of sp³-hybridized carbons (Fsp3) is 0.556. The summed E-state index contributed by atoms with van der Waals surface area (Å²) in [5.74, 6) is 0.106. The molecule has 0 amide bonds. The molecule has 26 heavy (non-hydrogen) atoms. The fourth-order valence-electron chi connectivity index (χ4n) is 3.14. The van der Waals surface area contributed by atoms with Crippen molar-refractivity contribution in [3.05, 3.63) is 17.7 Å². The van der Waals surface area contributed by atoms with Crippen LogP contribution in [-0.2, 0) is 0 Å². The molecule has 0 atom stereocenters. The Hall–Kier alpha value is -0.950. The molecule has 1 fully saturated rings. The highest BCUT2D eigenvalue weighted by Gasteiger charge is 2.19. The number of ketones is 1. The maximum atomic E-state index is 12.1. The van der Waals surface area contributed by atoms with Gasteiger partial charge < -0.3 is 15.2 Å². The van der Waals surface area contributed by atoms with Crippen molar-refractivity contribution in [1.29, 1.82) is 0 Å². The van der Waals surface area contributed by atoms with Gasteiger partial charge in [0.15, 0.2) is 10.9 Å². The molecular formula is C18H28Cl2N4OS. The molecule has 1 aliphatic rings. The van der Waals surface area contributed by atoms with Crippen LogP contribution in [0, 0.1) is 0 Å². The van der Waals surface area contributed by atoms with E-state index in [1.54, 1.807) is 18.7 Å². The number of carbonyl (C=O) groups is 1. The highest BCUT2D eigenvalue weighted by molar-refractivity contribution is 7.99. The van der Waals surface area contributed by atoms with E-state index in [9.17, 15) is 4.79 Å². The number of nitrogens with one attached hydrogen (secondary N) is 2. The third kappa shape index (κ3) is 5.06. The number of hydrogen-bond donors (Lipinski definition) is 2. The molecule has 2 aromatic rings. The Labute approximate surface area is 171 Å². The molecule has 2 heterocycles. The zero-order valence-electron chi connectivity index (χ0n) is 15.5. The molecule has 0 aliphatic carbocycles. The van der Waals surface area contributed by atoms with E-state index in [0.29, 0.717) is 5.25 Å². The van der Waals surface area contributed by atoms with E-state index >= 15 is 0 Å². The number of halogens is 2. The lowest BCUT2D eigenvalue weighted by atomic mass is 10.1. The quantitative estimate of drug-likeness (QED) is 0.540. The van der Waals surface area contributed by atoms with Crippen molar-refractivity contribution in [3.8, 4) is 0 Å². The number of fused-ring (bicyclic) bond motifs is 1. The van der Waals surface area contributed by atoms with Crippen molar-refractivity contribution >= 4 is 59.1 Å². The van der Waals surface area contributed by atoms with Gasteiger partial charge in [-0.3, -0.25) is 4.79 Å². The predicted molar refractivity (Wildman–Crippen MR) is 116 cm³/mol. The first-order valence-electron chi connectivity index (χ1n) is 8.79. The molecule has 1 saturated heterocycles. The summed E-state index contributed by atoms with van der Waals surface area (Å²) in [5.41, 5.74) is 3.70. The van der Waals surface area contributed by atoms with Crippen molar-refractivity contribution in [2.75, 3.05) is 31.1 Å². The molecule has 0 bridgehead atoms. The fourth-order valence-corrected chi connectivity index (χ4v) is 4.11. The zero-order chi connectivity index (χ0) is 17.1. The van der Waals surface area contributed by atoms with E-state index in [0.717, 1.165) is 66.5 Å². The molecule has 1 aliphatic heterocycles. The number of imidazole rings is 1. The SMILES string of the molecule is CCC(CC)Sc1nc2cc(N3CCNCC3)c(C(C)=O)cc2[nH]1.Cl.Cl. The summed E-state index contributed by atoms with van der Waals surface area (Å²) < 4.78 is 0. The van der Waals surface area contributed by atoms with E-state index in [1.165, 1.54) is 0 Å². The number of H-pyrrole nitrogens is 1. The van der Waals surface area contributed by atoms with Gasteiger partial charge >= 0.3 is 0 Å². The van der Waals surface area contributed by atoms with Gasteiger partial charge in [0.2, 0.25) is 0 Å². The Bertz CT molecular complexity index is 727. The second kappa shape index (κ2) is 10.4. The molecule has 0 unspecified atom stereocenters. The molecule has 0 spiro atoms. The summed E-state index contributed by atoms with van der Waals surface area (Å²) in [5, 5.41) is 4.88. The largest absolute Gasteiger partial charge is 0.368 e. The molecule has 5 nitrogen and oxygen atoms in total. The zero-order valence-corrected chi connectivity index (χ0v) is 18.0. The minimum Gasteiger partial charge on any atom is -0.368 e. The molecule has 0 saturated carbocycles. The average molecular weight is 419 g/mol. The number of Topliss-reactive ketones (excluding diaryl/α,β-unsaturated/α-hetero) is 1. The van der Waals surface area contributed by atoms with Crippen molar-refractivity contribution in [1.82, 2.24) is 15.3 Å². The highest BCUT2D eigenvalue weighted by Crippen LogP contribution is 2.31. The Morgan fingerprint density at radius 3 is 2.46 bits per heavy atom. The Balaban J connectivity index is 0.00000169. The summed E-state index contributed by atoms with van der Waals surface area (Å²) in [6.07, 6.45) is 2.26. The van der Waals surface area contributed by atoms with Gasteiger partial charge in [-0.1, -0.05) is 25.6 Å². The smallest absolute Gasteiger partial charge is 0.166 e. The van der Waals surface area contributed by atoms with E-state index < -0.39 is 0 Å². The summed E-state index contributed by atoms with van der Waals surface area (Å²) in [4.78, 5) is 22.6. The van der Waals surface area contributed by atoms with E-state index in [2.05, 4.69) is 35.1 Å². The van der Waals surface area contributed by atoms with Crippen molar-refractivity contribution in [2.45, 2.75) is 44.0 Å². The first-order valence-corrected chi connectivity index (χ1v) is 9.67. The van der Waals surface area contributed by atoms with E-state index in [1.807, 2.05) is 6.07 Å². The number of thioether (sulfide) groups is 1. The first kappa shape index (κ1) is 23.1. The number of nitrogens with zero attached hydrogens (tertiary/aromatic N) is 2. The number of aromatic nitrogens is 2. The van der Waals surface area contributed by atoms with Gasteiger partial charge in [0.1, 0.15) is 0 Å². The van der Waals surface area contributed by atoms with Gasteiger partial charge in [0.25, 0.3) is 0 Å². The molecule has 1 aromatic heterocycles. The molecule has 8 heteroatoms. The number of anilines is 1. The Kier molecular flexibility index (Phi) is 9.24. The maximum Gasteiger partial charge on any atom is 0.166 e. The van der Waals surface area contributed by atoms with Crippen LogP contribution in [0.15, 0.2) is 17.3 Å². The third-order valence-corrected chi connectivity index (χ3v) is 6.02. The second-order valence-corrected chi connectivity index (χ2v) is 7.57. The van der Waals surface area contributed by atoms with Crippen LogP contribution in [0.2, 0.25) is 0 Å². The van der Waals surface area contributed by atoms with Gasteiger partial charge in [-0.15, -0.1) is 24.8 Å². The molecule has 3 rings (SSSR count). The number of piperazine rings is 1. The molecule has 0 radical (unpaired) electrons. The lowest BCUT2D eigenvalue weighted by Gasteiger charge is -2.30. The minimum atomic E-state index is 0. The van der Waals surface area contributed by atoms with Crippen LogP contribution in [0.1, 0.15) is 44.0 Å². The standard InChI is InChI=1S/C18H26N4OS.2ClH/c1-4-13(5-2)24-18-20-15-10-14(12(3)23)17(11-16(15)21-18)22-8-6-19-7-9-22;;/h10-11,13,19H,4-9H2,1-3H3,(H,20,21);2*1H. The van der Waals surface area contributed by atoms with Crippen molar-refractivity contribution in [3.63, 3.8) is 0 Å². The third-order valence-electron chi connectivity index (χ3n) is 4.60. The van der Waals surface area contributed by atoms with Gasteiger partial charge in [-0.2, -0.15) is 0 Å². The van der Waals surface area contributed by atoms with E-state index in [4.69, 9.17) is 4.98 Å². The Morgan fingerprint density at radius 2 is 1.88 bits per heavy atom. The number of benzene rings is 1. The summed E-state index contributed by atoms with van der Waals surface area (Å²) in [6.45, 7) is 9.80. The molecule has 146 valence electrons. The van der Waals surface area contributed by atoms with Crippen LogP contribution in [0.3, 0.4) is 0 Å². The van der Waals surface area contributed by atoms with Gasteiger partial charge in [-0.05, 0) is 31.9 Å². The van der Waals surface area contributed by atoms with Crippen LogP contribution in [0.5, 0.6) is 0 Å². The lowest BCUT2D eigenvalue weighted by molar-refractivity contribution is 0.101. The van der Waals surface area contributed by atoms with Crippen LogP contribution in [0.4, 0.5) is 5.69 Å². The van der Waals surface area contributed by atoms with Gasteiger partial charge in [0.05, 0.1) is 11.0 Å². The monoisotopic (exact) mass is 418 g/mol. The van der Waals surface area contributed by atoms with Gasteiger partial charge in [0, 0.05) is 42.7 Å². The average Bonchev–Trinajstić information content (AvgIpc) is 3.00. The van der Waals surface area contributed by atoms with Crippen LogP contribution in [0.25, 0.3) is 11.0 Å². The maximum absolute atomic E-state index is 12.1. The number of carbonyl (C=O) groups excluding carboxylic acids is 1. The normalized spacial score (nSPS) is 14.2. The topological polar surface area (TPSA) is 61.0 Å². The van der Waals surface area contributed by atoms with Crippen LogP contribution < -0.4 is 10.2 Å². The predicted octanol–water partition coefficient (Wildman–Crippen LogP) is 4.30. The number of hydrogen-bond acceptors (Lipinski definition) is 5. The minimum absolute atomic E-state index is 0. The Morgan fingerprint density at radius 1 is 1.23 bits per heavy atom. The molecule has 2 N–H and O–H groups in total. The summed E-state index contributed by atoms with van der Waals surface area (Å²) in [7, 11) is 0. The van der Waals surface area contributed by atoms with Gasteiger partial charge in [-0.25, -0.2) is 4.98 Å². The van der Waals surface area contributed by atoms with E-state index in [-0.39, 0.29) is 30.6 Å². The van der Waals surface area contributed by atoms with Crippen LogP contribution in [-0.4, -0.2) is 47.2 Å². The summed E-state index contributed by atoms with van der Waals surface area (Å²) >= 11 is 1.79. The second-order valence-electron chi connectivity index (χ2n) is 6.28. The summed E-state index contributed by atoms with van der Waals surface area (Å²) in [6, 6.07) is 4.05.